The van der Waals surface area contributed by atoms with Crippen LogP contribution in [0.3, 0.4) is 0 Å². The number of allylic oxidation sites excluding steroid dienone is 2. The molecule has 0 saturated carbocycles. The molecule has 0 heterocycles. The number of esters is 2. The summed E-state index contributed by atoms with van der Waals surface area (Å²) in [5.41, 5.74) is 2.51. The number of hydrogen-bond acceptors (Lipinski definition) is 6. The van der Waals surface area contributed by atoms with Gasteiger partial charge in [0.05, 0.1) is 5.57 Å². The van der Waals surface area contributed by atoms with Gasteiger partial charge in [0, 0.05) is 40.7 Å². The summed E-state index contributed by atoms with van der Waals surface area (Å²) < 4.78 is 11.6. The number of carbonyl (C=O) groups is 4. The fraction of sp³-hybridized carbons (Fsp3) is 0.375. The zero-order valence-electron chi connectivity index (χ0n) is 22.4. The Morgan fingerprint density at radius 3 is 1.97 bits per heavy atom. The van der Waals surface area contributed by atoms with E-state index in [0.29, 0.717) is 40.8 Å². The highest BCUT2D eigenvalue weighted by Crippen LogP contribution is 2.44. The molecule has 0 fully saturated rings. The standard InChI is InChI=1S/C32H34O6/c1-4-7-9-15-26(33)37-31-20(6-3)17-18-22-24(31)19-25-28(30(22)36)32(38-27(34)16-10-8-5-2)23-14-12-11-13-21(23)29(25)35/h11-14,17-19H,4-10,15-16H2,1-3H3. The Kier molecular flexibility index (Phi) is 8.72. The minimum atomic E-state index is -0.439. The van der Waals surface area contributed by atoms with Crippen LogP contribution in [0.5, 0.6) is 5.75 Å². The average molecular weight is 515 g/mol. The van der Waals surface area contributed by atoms with Crippen molar-refractivity contribution < 1.29 is 28.7 Å². The summed E-state index contributed by atoms with van der Waals surface area (Å²) >= 11 is 0. The molecule has 2 aliphatic rings. The van der Waals surface area contributed by atoms with Gasteiger partial charge in [-0.15, -0.1) is 0 Å². The lowest BCUT2D eigenvalue weighted by molar-refractivity contribution is -0.137. The van der Waals surface area contributed by atoms with Gasteiger partial charge in [0.2, 0.25) is 0 Å². The van der Waals surface area contributed by atoms with E-state index in [4.69, 9.17) is 9.47 Å². The Hall–Kier alpha value is -3.80. The van der Waals surface area contributed by atoms with E-state index in [0.717, 1.165) is 37.7 Å². The van der Waals surface area contributed by atoms with Crippen LogP contribution in [0.15, 0.2) is 47.5 Å². The molecule has 0 aliphatic heterocycles. The van der Waals surface area contributed by atoms with Gasteiger partial charge in [-0.3, -0.25) is 19.2 Å². The zero-order valence-corrected chi connectivity index (χ0v) is 22.4. The molecular weight excluding hydrogens is 480 g/mol. The van der Waals surface area contributed by atoms with Crippen molar-refractivity contribution in [2.24, 2.45) is 0 Å². The summed E-state index contributed by atoms with van der Waals surface area (Å²) in [7, 11) is 0. The quantitative estimate of drug-likeness (QED) is 0.181. The predicted molar refractivity (Wildman–Crippen MR) is 146 cm³/mol. The van der Waals surface area contributed by atoms with Crippen LogP contribution in [0.1, 0.15) is 110 Å². The molecule has 2 aromatic carbocycles. The Balaban J connectivity index is 1.82. The number of Topliss-reactive ketones (excluding diaryl/α,β-unsaturated/α-hetero) is 2. The van der Waals surface area contributed by atoms with Gasteiger partial charge in [0.15, 0.2) is 17.3 Å². The van der Waals surface area contributed by atoms with E-state index in [9.17, 15) is 19.2 Å². The van der Waals surface area contributed by atoms with Crippen LogP contribution in [-0.2, 0) is 20.7 Å². The van der Waals surface area contributed by atoms with Gasteiger partial charge in [-0.1, -0.05) is 76.8 Å². The largest absolute Gasteiger partial charge is 0.426 e. The van der Waals surface area contributed by atoms with Crippen molar-refractivity contribution >= 4 is 35.3 Å². The molecule has 0 saturated heterocycles. The summed E-state index contributed by atoms with van der Waals surface area (Å²) in [6.07, 6.45) is 7.88. The highest BCUT2D eigenvalue weighted by atomic mass is 16.5. The maximum absolute atomic E-state index is 13.9. The van der Waals surface area contributed by atoms with Crippen molar-refractivity contribution in [2.45, 2.75) is 78.6 Å². The molecule has 0 aromatic heterocycles. The number of unbranched alkanes of at least 4 members (excludes halogenated alkanes) is 4. The number of aryl methyl sites for hydroxylation is 1. The van der Waals surface area contributed by atoms with Crippen molar-refractivity contribution in [1.29, 1.82) is 0 Å². The molecule has 0 N–H and O–H groups in total. The van der Waals surface area contributed by atoms with E-state index in [2.05, 4.69) is 13.8 Å². The van der Waals surface area contributed by atoms with Gasteiger partial charge in [-0.25, -0.2) is 0 Å². The molecule has 6 heteroatoms. The fourth-order valence-corrected chi connectivity index (χ4v) is 4.90. The van der Waals surface area contributed by atoms with Crippen molar-refractivity contribution in [1.82, 2.24) is 0 Å². The SMILES string of the molecule is CCCCCC(=O)OC1=C2C(=O)c3ccc(CC)c(OC(=O)CCCCC)c3C=C2C(=O)c2ccccc21. The average Bonchev–Trinajstić information content (AvgIpc) is 2.91. The van der Waals surface area contributed by atoms with E-state index < -0.39 is 11.8 Å². The van der Waals surface area contributed by atoms with E-state index in [1.165, 1.54) is 0 Å². The van der Waals surface area contributed by atoms with E-state index >= 15 is 0 Å². The highest BCUT2D eigenvalue weighted by Gasteiger charge is 2.39. The lowest BCUT2D eigenvalue weighted by Gasteiger charge is -2.27. The summed E-state index contributed by atoms with van der Waals surface area (Å²) in [6.45, 7) is 6.05. The maximum atomic E-state index is 13.9. The maximum Gasteiger partial charge on any atom is 0.311 e. The number of carbonyl (C=O) groups excluding carboxylic acids is 4. The van der Waals surface area contributed by atoms with Crippen LogP contribution in [0, 0.1) is 0 Å². The molecule has 0 spiro atoms. The Bertz CT molecular complexity index is 1340. The van der Waals surface area contributed by atoms with Crippen molar-refractivity contribution in [3.05, 3.63) is 75.4 Å². The molecular formula is C32H34O6. The molecule has 4 rings (SSSR count). The Morgan fingerprint density at radius 1 is 0.711 bits per heavy atom. The second-order valence-electron chi connectivity index (χ2n) is 9.70. The van der Waals surface area contributed by atoms with Crippen LogP contribution in [0.25, 0.3) is 11.8 Å². The fourth-order valence-electron chi connectivity index (χ4n) is 4.90. The van der Waals surface area contributed by atoms with Crippen LogP contribution >= 0.6 is 0 Å². The van der Waals surface area contributed by atoms with Crippen LogP contribution in [-0.4, -0.2) is 23.5 Å². The second-order valence-corrected chi connectivity index (χ2v) is 9.70. The van der Waals surface area contributed by atoms with Crippen LogP contribution in [0.2, 0.25) is 0 Å². The van der Waals surface area contributed by atoms with Crippen LogP contribution in [0.4, 0.5) is 0 Å². The third kappa shape index (κ3) is 5.40. The number of hydrogen-bond donors (Lipinski definition) is 0. The first-order valence-electron chi connectivity index (χ1n) is 13.6. The van der Waals surface area contributed by atoms with Gasteiger partial charge >= 0.3 is 11.9 Å². The van der Waals surface area contributed by atoms with E-state index in [-0.39, 0.29) is 41.5 Å². The summed E-state index contributed by atoms with van der Waals surface area (Å²) in [4.78, 5) is 52.9. The number of ketones is 2. The van der Waals surface area contributed by atoms with Crippen LogP contribution < -0.4 is 4.74 Å². The molecule has 0 amide bonds. The summed E-state index contributed by atoms with van der Waals surface area (Å²) in [5, 5.41) is 0. The van der Waals surface area contributed by atoms with Crippen molar-refractivity contribution in [2.75, 3.05) is 0 Å². The normalized spacial score (nSPS) is 13.9. The summed E-state index contributed by atoms with van der Waals surface area (Å²) in [6, 6.07) is 10.3. The Morgan fingerprint density at radius 2 is 1.34 bits per heavy atom. The second kappa shape index (κ2) is 12.2. The first kappa shape index (κ1) is 27.2. The van der Waals surface area contributed by atoms with E-state index in [1.54, 1.807) is 42.5 Å². The zero-order chi connectivity index (χ0) is 27.2. The van der Waals surface area contributed by atoms with E-state index in [1.807, 2.05) is 6.92 Å². The van der Waals surface area contributed by atoms with Crippen molar-refractivity contribution in [3.8, 4) is 5.75 Å². The topological polar surface area (TPSA) is 86.7 Å². The molecule has 2 aliphatic carbocycles. The molecule has 2 aromatic rings. The minimum absolute atomic E-state index is 0.0783. The smallest absolute Gasteiger partial charge is 0.311 e. The predicted octanol–water partition coefficient (Wildman–Crippen LogP) is 7.05. The summed E-state index contributed by atoms with van der Waals surface area (Å²) in [5.74, 6) is -1.13. The van der Waals surface area contributed by atoms with Gasteiger partial charge in [0.25, 0.3) is 0 Å². The Labute approximate surface area is 223 Å². The number of fused-ring (bicyclic) bond motifs is 3. The monoisotopic (exact) mass is 514 g/mol. The van der Waals surface area contributed by atoms with Gasteiger partial charge < -0.3 is 9.47 Å². The molecule has 38 heavy (non-hydrogen) atoms. The highest BCUT2D eigenvalue weighted by molar-refractivity contribution is 6.33. The third-order valence-electron chi connectivity index (χ3n) is 6.98. The molecule has 0 bridgehead atoms. The van der Waals surface area contributed by atoms with Gasteiger partial charge in [0.1, 0.15) is 5.75 Å². The lowest BCUT2D eigenvalue weighted by Crippen LogP contribution is -2.26. The third-order valence-corrected chi connectivity index (χ3v) is 6.98. The number of ether oxygens (including phenoxy) is 2. The first-order valence-corrected chi connectivity index (χ1v) is 13.6. The lowest BCUT2D eigenvalue weighted by atomic mass is 9.77. The number of benzene rings is 2. The molecule has 6 nitrogen and oxygen atoms in total. The first-order chi connectivity index (χ1) is 18.4. The molecule has 0 unspecified atom stereocenters. The van der Waals surface area contributed by atoms with Gasteiger partial charge in [-0.05, 0) is 37.0 Å². The minimum Gasteiger partial charge on any atom is -0.426 e. The molecule has 0 atom stereocenters. The number of rotatable bonds is 11. The molecule has 198 valence electrons. The van der Waals surface area contributed by atoms with Crippen molar-refractivity contribution in [3.63, 3.8) is 0 Å². The van der Waals surface area contributed by atoms with Gasteiger partial charge in [-0.2, -0.15) is 0 Å². The molecule has 0 radical (unpaired) electrons.